The number of thioether (sulfide) groups is 1. The molecule has 0 aliphatic rings. The summed E-state index contributed by atoms with van der Waals surface area (Å²) in [5.74, 6) is 0.673. The Kier molecular flexibility index (Phi) is 8.32. The number of quaternary nitrogens is 1. The van der Waals surface area contributed by atoms with Gasteiger partial charge in [-0.1, -0.05) is 42.5 Å². The van der Waals surface area contributed by atoms with Gasteiger partial charge in [-0.05, 0) is 24.3 Å². The Labute approximate surface area is 187 Å². The van der Waals surface area contributed by atoms with Crippen molar-refractivity contribution < 1.29 is 18.9 Å². The number of hydrogen-bond acceptors (Lipinski definition) is 4. The maximum atomic E-state index is 12.9. The predicted molar refractivity (Wildman–Crippen MR) is 122 cm³/mol. The van der Waals surface area contributed by atoms with Crippen molar-refractivity contribution in [3.8, 4) is 0 Å². The van der Waals surface area contributed by atoms with Crippen LogP contribution in [0.4, 0.5) is 0 Å². The van der Waals surface area contributed by atoms with Gasteiger partial charge in [0.05, 0.1) is 44.8 Å². The molecule has 0 bridgehead atoms. The molecule has 3 N–H and O–H groups in total. The van der Waals surface area contributed by atoms with E-state index >= 15 is 0 Å². The highest BCUT2D eigenvalue weighted by molar-refractivity contribution is 8.00. The topological polar surface area (TPSA) is 75.8 Å². The highest BCUT2D eigenvalue weighted by Crippen LogP contribution is 2.22. The van der Waals surface area contributed by atoms with Gasteiger partial charge in [-0.15, -0.1) is 11.8 Å². The van der Waals surface area contributed by atoms with Crippen LogP contribution < -0.4 is 15.5 Å². The Balaban J connectivity index is 1.57. The summed E-state index contributed by atoms with van der Waals surface area (Å²) in [4.78, 5) is 27.1. The van der Waals surface area contributed by atoms with Crippen molar-refractivity contribution in [2.24, 2.45) is 0 Å². The van der Waals surface area contributed by atoms with Gasteiger partial charge >= 0.3 is 0 Å². The van der Waals surface area contributed by atoms with Crippen LogP contribution in [0.3, 0.4) is 0 Å². The molecule has 2 aromatic carbocycles. The van der Waals surface area contributed by atoms with Crippen LogP contribution >= 0.6 is 11.8 Å². The number of carbonyl (C=O) groups is 2. The molecule has 3 rings (SSSR count). The lowest BCUT2D eigenvalue weighted by atomic mass is 10.1. The molecule has 7 heteroatoms. The van der Waals surface area contributed by atoms with Gasteiger partial charge in [-0.25, -0.2) is 0 Å². The maximum absolute atomic E-state index is 12.9. The summed E-state index contributed by atoms with van der Waals surface area (Å²) in [6.07, 6.45) is 1.57. The van der Waals surface area contributed by atoms with Crippen molar-refractivity contribution in [2.75, 3.05) is 26.4 Å². The number of amides is 2. The van der Waals surface area contributed by atoms with E-state index in [1.165, 1.54) is 22.2 Å². The molecule has 6 nitrogen and oxygen atoms in total. The van der Waals surface area contributed by atoms with Crippen LogP contribution in [-0.2, 0) is 11.3 Å². The van der Waals surface area contributed by atoms with Crippen LogP contribution in [0.5, 0.6) is 0 Å². The predicted octanol–water partition coefficient (Wildman–Crippen LogP) is 2.30. The average molecular weight is 439 g/mol. The van der Waals surface area contributed by atoms with Gasteiger partial charge in [0.2, 0.25) is 5.91 Å². The lowest BCUT2D eigenvalue weighted by molar-refractivity contribution is -0.890. The standard InChI is InChI=1S/C24H27N3O3S/c1-27(2)21(18-9-4-3-5-10-18)16-26-24(29)20-12-6-7-13-22(20)31-17-23(28)25-15-19-11-8-14-30-19/h3-14,21H,15-17H2,1-2H3,(H,25,28)(H,26,29)/p+1/t21-/m1/s1. The van der Waals surface area contributed by atoms with Crippen molar-refractivity contribution in [1.82, 2.24) is 10.6 Å². The second-order valence-corrected chi connectivity index (χ2v) is 8.41. The molecule has 0 spiro atoms. The fraction of sp³-hybridized carbons (Fsp3) is 0.250. The first-order valence-electron chi connectivity index (χ1n) is 10.2. The Bertz CT molecular complexity index is 975. The Hall–Kier alpha value is -3.03. The van der Waals surface area contributed by atoms with Crippen LogP contribution in [-0.4, -0.2) is 38.2 Å². The zero-order valence-electron chi connectivity index (χ0n) is 17.8. The minimum Gasteiger partial charge on any atom is -0.467 e. The van der Waals surface area contributed by atoms with E-state index in [0.717, 1.165) is 4.90 Å². The van der Waals surface area contributed by atoms with E-state index in [1.54, 1.807) is 18.4 Å². The Morgan fingerprint density at radius 1 is 0.968 bits per heavy atom. The highest BCUT2D eigenvalue weighted by Gasteiger charge is 2.20. The lowest BCUT2D eigenvalue weighted by Crippen LogP contribution is -3.07. The highest BCUT2D eigenvalue weighted by atomic mass is 32.2. The molecule has 1 atom stereocenters. The SMILES string of the molecule is C[NH+](C)[C@H](CNC(=O)c1ccccc1SCC(=O)NCc1ccco1)c1ccccc1. The van der Waals surface area contributed by atoms with Gasteiger partial charge in [0, 0.05) is 10.5 Å². The van der Waals surface area contributed by atoms with E-state index in [-0.39, 0.29) is 23.6 Å². The van der Waals surface area contributed by atoms with Crippen LogP contribution in [0.1, 0.15) is 27.7 Å². The number of nitrogens with one attached hydrogen (secondary N) is 3. The summed E-state index contributed by atoms with van der Waals surface area (Å²) in [7, 11) is 4.16. The third kappa shape index (κ3) is 6.73. The molecule has 1 aromatic heterocycles. The molecule has 2 amide bonds. The van der Waals surface area contributed by atoms with E-state index in [9.17, 15) is 9.59 Å². The molecular formula is C24H28N3O3S+. The molecule has 3 aromatic rings. The molecule has 31 heavy (non-hydrogen) atoms. The number of likely N-dealkylation sites (N-methyl/N-ethyl adjacent to an activating group) is 1. The molecule has 162 valence electrons. The summed E-state index contributed by atoms with van der Waals surface area (Å²) in [5.41, 5.74) is 1.76. The minimum atomic E-state index is -0.138. The number of furan rings is 1. The van der Waals surface area contributed by atoms with E-state index in [4.69, 9.17) is 4.42 Å². The van der Waals surface area contributed by atoms with Crippen LogP contribution in [0, 0.1) is 0 Å². The molecule has 0 unspecified atom stereocenters. The van der Waals surface area contributed by atoms with E-state index in [2.05, 4.69) is 36.9 Å². The van der Waals surface area contributed by atoms with Gasteiger partial charge in [0.1, 0.15) is 11.8 Å². The summed E-state index contributed by atoms with van der Waals surface area (Å²) in [6.45, 7) is 0.871. The minimum absolute atomic E-state index is 0.114. The largest absolute Gasteiger partial charge is 0.467 e. The van der Waals surface area contributed by atoms with E-state index in [1.807, 2.05) is 42.5 Å². The first-order chi connectivity index (χ1) is 15.0. The number of rotatable bonds is 10. The smallest absolute Gasteiger partial charge is 0.252 e. The summed E-state index contributed by atoms with van der Waals surface area (Å²) in [5, 5.41) is 5.88. The number of carbonyl (C=O) groups excluding carboxylic acids is 2. The van der Waals surface area contributed by atoms with Crippen molar-refractivity contribution in [3.63, 3.8) is 0 Å². The number of hydrogen-bond donors (Lipinski definition) is 3. The van der Waals surface area contributed by atoms with Crippen molar-refractivity contribution in [1.29, 1.82) is 0 Å². The lowest BCUT2D eigenvalue weighted by Gasteiger charge is -2.22. The second kappa shape index (κ2) is 11.4. The molecule has 0 saturated heterocycles. The van der Waals surface area contributed by atoms with E-state index < -0.39 is 0 Å². The molecule has 0 aliphatic heterocycles. The van der Waals surface area contributed by atoms with Gasteiger partial charge in [-0.3, -0.25) is 9.59 Å². The average Bonchev–Trinajstić information content (AvgIpc) is 3.31. The molecule has 1 heterocycles. The van der Waals surface area contributed by atoms with Crippen LogP contribution in [0.15, 0.2) is 82.3 Å². The Morgan fingerprint density at radius 3 is 2.42 bits per heavy atom. The van der Waals surface area contributed by atoms with Crippen molar-refractivity contribution in [3.05, 3.63) is 89.9 Å². The zero-order chi connectivity index (χ0) is 22.1. The summed E-state index contributed by atoms with van der Waals surface area (Å²) >= 11 is 1.35. The van der Waals surface area contributed by atoms with Gasteiger partial charge in [0.15, 0.2) is 0 Å². The Morgan fingerprint density at radius 2 is 1.71 bits per heavy atom. The van der Waals surface area contributed by atoms with E-state index in [0.29, 0.717) is 24.4 Å². The summed E-state index contributed by atoms with van der Waals surface area (Å²) in [6, 6.07) is 21.3. The van der Waals surface area contributed by atoms with Crippen molar-refractivity contribution >= 4 is 23.6 Å². The molecule has 0 fully saturated rings. The fourth-order valence-corrected chi connectivity index (χ4v) is 4.08. The molecule has 0 aliphatic carbocycles. The second-order valence-electron chi connectivity index (χ2n) is 7.39. The third-order valence-electron chi connectivity index (χ3n) is 4.90. The van der Waals surface area contributed by atoms with Crippen LogP contribution in [0.2, 0.25) is 0 Å². The third-order valence-corrected chi connectivity index (χ3v) is 5.97. The molecule has 0 saturated carbocycles. The number of benzene rings is 2. The normalized spacial score (nSPS) is 11.8. The first-order valence-corrected chi connectivity index (χ1v) is 11.2. The molecule has 0 radical (unpaired) electrons. The fourth-order valence-electron chi connectivity index (χ4n) is 3.20. The van der Waals surface area contributed by atoms with Gasteiger partial charge in [0.25, 0.3) is 5.91 Å². The maximum Gasteiger partial charge on any atom is 0.252 e. The van der Waals surface area contributed by atoms with Crippen molar-refractivity contribution in [2.45, 2.75) is 17.5 Å². The first kappa shape index (κ1) is 22.7. The van der Waals surface area contributed by atoms with Crippen LogP contribution in [0.25, 0.3) is 0 Å². The monoisotopic (exact) mass is 438 g/mol. The van der Waals surface area contributed by atoms with Gasteiger partial charge in [-0.2, -0.15) is 0 Å². The van der Waals surface area contributed by atoms with Gasteiger partial charge < -0.3 is 20.0 Å². The molecular weight excluding hydrogens is 410 g/mol. The summed E-state index contributed by atoms with van der Waals surface area (Å²) < 4.78 is 5.22. The quantitative estimate of drug-likeness (QED) is 0.425. The zero-order valence-corrected chi connectivity index (χ0v) is 18.6.